The van der Waals surface area contributed by atoms with Gasteiger partial charge >= 0.3 is 5.97 Å². The minimum atomic E-state index is -0.924. The Bertz CT molecular complexity index is 598. The fraction of sp³-hybridized carbons (Fsp3) is 0.562. The molecule has 0 aromatic carbocycles. The van der Waals surface area contributed by atoms with E-state index in [0.29, 0.717) is 31.6 Å². The lowest BCUT2D eigenvalue weighted by molar-refractivity contribution is -0.157. The van der Waals surface area contributed by atoms with Crippen molar-refractivity contribution in [1.82, 2.24) is 10.2 Å². The number of likely N-dealkylation sites (tertiary alicyclic amines) is 1. The Hall–Kier alpha value is -2.31. The topological polar surface area (TPSA) is 99.9 Å². The lowest BCUT2D eigenvalue weighted by Gasteiger charge is -2.36. The molecule has 2 heterocycles. The van der Waals surface area contributed by atoms with Crippen molar-refractivity contribution in [3.05, 3.63) is 24.2 Å². The van der Waals surface area contributed by atoms with Crippen LogP contribution in [0.25, 0.3) is 0 Å². The van der Waals surface area contributed by atoms with E-state index in [0.717, 1.165) is 6.42 Å². The monoisotopic (exact) mass is 320 g/mol. The summed E-state index contributed by atoms with van der Waals surface area (Å²) in [5.41, 5.74) is 0. The van der Waals surface area contributed by atoms with Crippen molar-refractivity contribution in [3.63, 3.8) is 0 Å². The molecule has 0 bridgehead atoms. The summed E-state index contributed by atoms with van der Waals surface area (Å²) in [5.74, 6) is -1.76. The number of carboxylic acids is 1. The number of hydrogen-bond acceptors (Lipinski definition) is 4. The molecule has 23 heavy (non-hydrogen) atoms. The number of carboxylic acid groups (broad SMARTS) is 1. The predicted molar refractivity (Wildman–Crippen MR) is 79.1 cm³/mol. The standard InChI is InChI=1S/C16H20N2O5/c19-14(17-9-10-3-2-8-23-10)13-4-1-7-18(13)15(20)11-5-6-12(11)16(21)22/h2-3,8,11-13H,1,4-7,9H2,(H,17,19)(H,21,22). The first-order valence-corrected chi connectivity index (χ1v) is 7.91. The van der Waals surface area contributed by atoms with Gasteiger partial charge in [0.1, 0.15) is 11.8 Å². The van der Waals surface area contributed by atoms with Crippen LogP contribution in [0.5, 0.6) is 0 Å². The summed E-state index contributed by atoms with van der Waals surface area (Å²) >= 11 is 0. The minimum absolute atomic E-state index is 0.195. The third kappa shape index (κ3) is 3.09. The van der Waals surface area contributed by atoms with Crippen molar-refractivity contribution in [1.29, 1.82) is 0 Å². The highest BCUT2D eigenvalue weighted by atomic mass is 16.4. The molecule has 0 radical (unpaired) electrons. The fourth-order valence-electron chi connectivity index (χ4n) is 3.31. The van der Waals surface area contributed by atoms with Gasteiger partial charge in [-0.3, -0.25) is 14.4 Å². The minimum Gasteiger partial charge on any atom is -0.481 e. The molecule has 1 aromatic heterocycles. The molecule has 0 spiro atoms. The van der Waals surface area contributed by atoms with Gasteiger partial charge in [-0.25, -0.2) is 0 Å². The molecule has 1 aliphatic carbocycles. The smallest absolute Gasteiger partial charge is 0.307 e. The molecule has 3 atom stereocenters. The Morgan fingerprint density at radius 3 is 2.65 bits per heavy atom. The van der Waals surface area contributed by atoms with E-state index in [2.05, 4.69) is 5.32 Å². The van der Waals surface area contributed by atoms with E-state index in [4.69, 9.17) is 9.52 Å². The number of carbonyl (C=O) groups is 3. The van der Waals surface area contributed by atoms with Crippen LogP contribution < -0.4 is 5.32 Å². The zero-order chi connectivity index (χ0) is 16.4. The lowest BCUT2D eigenvalue weighted by atomic mass is 9.73. The summed E-state index contributed by atoms with van der Waals surface area (Å²) in [7, 11) is 0. The zero-order valence-electron chi connectivity index (χ0n) is 12.7. The number of aliphatic carboxylic acids is 1. The number of nitrogens with one attached hydrogen (secondary N) is 1. The summed E-state index contributed by atoms with van der Waals surface area (Å²) in [6.45, 7) is 0.798. The molecule has 2 amide bonds. The van der Waals surface area contributed by atoms with E-state index in [1.165, 1.54) is 6.26 Å². The van der Waals surface area contributed by atoms with Crippen LogP contribution in [0.15, 0.2) is 22.8 Å². The number of amides is 2. The van der Waals surface area contributed by atoms with Crippen molar-refractivity contribution < 1.29 is 23.9 Å². The molecule has 2 N–H and O–H groups in total. The highest BCUT2D eigenvalue weighted by Crippen LogP contribution is 2.37. The highest BCUT2D eigenvalue weighted by molar-refractivity contribution is 5.91. The van der Waals surface area contributed by atoms with Gasteiger partial charge in [-0.15, -0.1) is 0 Å². The molecule has 3 rings (SSSR count). The van der Waals surface area contributed by atoms with Gasteiger partial charge in [0.05, 0.1) is 24.6 Å². The summed E-state index contributed by atoms with van der Waals surface area (Å²) in [6, 6.07) is 3.01. The van der Waals surface area contributed by atoms with Gasteiger partial charge < -0.3 is 19.7 Å². The van der Waals surface area contributed by atoms with Gasteiger partial charge in [0.25, 0.3) is 0 Å². The fourth-order valence-corrected chi connectivity index (χ4v) is 3.31. The van der Waals surface area contributed by atoms with Crippen LogP contribution in [0.2, 0.25) is 0 Å². The first kappa shape index (κ1) is 15.6. The van der Waals surface area contributed by atoms with Gasteiger partial charge in [-0.05, 0) is 37.8 Å². The molecular weight excluding hydrogens is 300 g/mol. The molecule has 1 saturated heterocycles. The molecule has 1 saturated carbocycles. The third-order valence-corrected chi connectivity index (χ3v) is 4.76. The summed E-state index contributed by atoms with van der Waals surface area (Å²) in [4.78, 5) is 37.5. The van der Waals surface area contributed by atoms with Crippen LogP contribution in [0, 0.1) is 11.8 Å². The van der Waals surface area contributed by atoms with Crippen LogP contribution in [-0.2, 0) is 20.9 Å². The normalized spacial score (nSPS) is 26.6. The molecule has 7 nitrogen and oxygen atoms in total. The SMILES string of the molecule is O=C(O)C1CCC1C(=O)N1CCCC1C(=O)NCc1ccco1. The zero-order valence-corrected chi connectivity index (χ0v) is 12.7. The first-order chi connectivity index (χ1) is 11.1. The summed E-state index contributed by atoms with van der Waals surface area (Å²) < 4.78 is 5.17. The van der Waals surface area contributed by atoms with Crippen molar-refractivity contribution in [2.45, 2.75) is 38.3 Å². The summed E-state index contributed by atoms with van der Waals surface area (Å²) in [5, 5.41) is 11.9. The third-order valence-electron chi connectivity index (χ3n) is 4.76. The van der Waals surface area contributed by atoms with Crippen LogP contribution in [-0.4, -0.2) is 40.4 Å². The number of carbonyl (C=O) groups excluding carboxylic acids is 2. The predicted octanol–water partition coefficient (Wildman–Crippen LogP) is 0.998. The highest BCUT2D eigenvalue weighted by Gasteiger charge is 2.46. The van der Waals surface area contributed by atoms with E-state index in [-0.39, 0.29) is 18.4 Å². The Morgan fingerprint density at radius 1 is 1.26 bits per heavy atom. The van der Waals surface area contributed by atoms with Gasteiger partial charge in [0.2, 0.25) is 11.8 Å². The average Bonchev–Trinajstić information content (AvgIpc) is 3.14. The van der Waals surface area contributed by atoms with E-state index in [1.807, 2.05) is 0 Å². The maximum Gasteiger partial charge on any atom is 0.307 e. The Balaban J connectivity index is 1.59. The molecular formula is C16H20N2O5. The van der Waals surface area contributed by atoms with Crippen LogP contribution in [0.4, 0.5) is 0 Å². The van der Waals surface area contributed by atoms with Gasteiger partial charge in [0.15, 0.2) is 0 Å². The Kier molecular flexibility index (Phi) is 4.36. The van der Waals surface area contributed by atoms with E-state index < -0.39 is 23.8 Å². The summed E-state index contributed by atoms with van der Waals surface area (Å²) in [6.07, 6.45) is 4.03. The molecule has 124 valence electrons. The molecule has 2 aliphatic rings. The first-order valence-electron chi connectivity index (χ1n) is 7.91. The maximum atomic E-state index is 12.6. The van der Waals surface area contributed by atoms with Crippen molar-refractivity contribution in [2.75, 3.05) is 6.54 Å². The van der Waals surface area contributed by atoms with Gasteiger partial charge in [-0.2, -0.15) is 0 Å². The second-order valence-electron chi connectivity index (χ2n) is 6.12. The van der Waals surface area contributed by atoms with Crippen LogP contribution >= 0.6 is 0 Å². The largest absolute Gasteiger partial charge is 0.481 e. The number of furan rings is 1. The van der Waals surface area contributed by atoms with Gasteiger partial charge in [0, 0.05) is 6.54 Å². The molecule has 1 aliphatic heterocycles. The van der Waals surface area contributed by atoms with Crippen molar-refractivity contribution in [2.24, 2.45) is 11.8 Å². The van der Waals surface area contributed by atoms with Gasteiger partial charge in [-0.1, -0.05) is 0 Å². The molecule has 3 unspecified atom stereocenters. The second-order valence-corrected chi connectivity index (χ2v) is 6.12. The molecule has 1 aromatic rings. The maximum absolute atomic E-state index is 12.6. The lowest BCUT2D eigenvalue weighted by Crippen LogP contribution is -2.51. The van der Waals surface area contributed by atoms with Crippen molar-refractivity contribution in [3.8, 4) is 0 Å². The second kappa shape index (κ2) is 6.44. The van der Waals surface area contributed by atoms with E-state index >= 15 is 0 Å². The van der Waals surface area contributed by atoms with E-state index in [9.17, 15) is 14.4 Å². The Morgan fingerprint density at radius 2 is 2.04 bits per heavy atom. The number of hydrogen-bond donors (Lipinski definition) is 2. The number of nitrogens with zero attached hydrogens (tertiary/aromatic N) is 1. The molecule has 2 fully saturated rings. The van der Waals surface area contributed by atoms with Crippen LogP contribution in [0.3, 0.4) is 0 Å². The van der Waals surface area contributed by atoms with Crippen LogP contribution in [0.1, 0.15) is 31.4 Å². The Labute approximate surface area is 133 Å². The quantitative estimate of drug-likeness (QED) is 0.843. The number of rotatable bonds is 5. The molecule has 7 heteroatoms. The van der Waals surface area contributed by atoms with E-state index in [1.54, 1.807) is 17.0 Å². The van der Waals surface area contributed by atoms with Crippen molar-refractivity contribution >= 4 is 17.8 Å². The average molecular weight is 320 g/mol.